The van der Waals surface area contributed by atoms with Crippen LogP contribution in [0.25, 0.3) is 0 Å². The first-order valence-electron chi connectivity index (χ1n) is 7.24. The van der Waals surface area contributed by atoms with Crippen LogP contribution in [0.1, 0.15) is 58.8 Å². The van der Waals surface area contributed by atoms with E-state index in [0.717, 1.165) is 19.3 Å². The molecule has 0 radical (unpaired) electrons. The minimum atomic E-state index is -0.971. The predicted octanol–water partition coefficient (Wildman–Crippen LogP) is 2.51. The number of hydrogen-bond donors (Lipinski definition) is 3. The topological polar surface area (TPSA) is 78.4 Å². The summed E-state index contributed by atoms with van der Waals surface area (Å²) in [4.78, 5) is 22.7. The van der Waals surface area contributed by atoms with Crippen molar-refractivity contribution in [3.8, 4) is 0 Å². The van der Waals surface area contributed by atoms with Crippen LogP contribution in [0, 0.1) is 5.41 Å². The van der Waals surface area contributed by atoms with Crippen LogP contribution in [0.5, 0.6) is 0 Å². The molecule has 110 valence electrons. The SMILES string of the molecule is CCCC(NC(=O)NCC1(C)CCCCC1)C(=O)O. The Morgan fingerprint density at radius 3 is 2.42 bits per heavy atom. The van der Waals surface area contributed by atoms with Crippen LogP contribution in [0.3, 0.4) is 0 Å². The Hall–Kier alpha value is -1.26. The zero-order valence-electron chi connectivity index (χ0n) is 12.0. The molecule has 0 spiro atoms. The monoisotopic (exact) mass is 270 g/mol. The maximum absolute atomic E-state index is 11.7. The Kier molecular flexibility index (Phi) is 6.12. The zero-order chi connectivity index (χ0) is 14.3. The summed E-state index contributed by atoms with van der Waals surface area (Å²) in [7, 11) is 0. The molecule has 1 fully saturated rings. The molecule has 3 N–H and O–H groups in total. The fraction of sp³-hybridized carbons (Fsp3) is 0.857. The molecule has 1 rings (SSSR count). The van der Waals surface area contributed by atoms with E-state index in [0.29, 0.717) is 13.0 Å². The van der Waals surface area contributed by atoms with Gasteiger partial charge in [0.15, 0.2) is 0 Å². The van der Waals surface area contributed by atoms with Gasteiger partial charge >= 0.3 is 12.0 Å². The molecule has 0 aromatic carbocycles. The van der Waals surface area contributed by atoms with Crippen LogP contribution in [-0.2, 0) is 4.79 Å². The van der Waals surface area contributed by atoms with Crippen LogP contribution in [0.4, 0.5) is 4.79 Å². The van der Waals surface area contributed by atoms with Gasteiger partial charge in [0, 0.05) is 6.54 Å². The minimum Gasteiger partial charge on any atom is -0.480 e. The van der Waals surface area contributed by atoms with Crippen molar-refractivity contribution >= 4 is 12.0 Å². The zero-order valence-corrected chi connectivity index (χ0v) is 12.0. The lowest BCUT2D eigenvalue weighted by atomic mass is 9.76. The second-order valence-electron chi connectivity index (χ2n) is 5.88. The van der Waals surface area contributed by atoms with E-state index in [1.807, 2.05) is 6.92 Å². The molecule has 1 atom stereocenters. The minimum absolute atomic E-state index is 0.166. The number of urea groups is 1. The van der Waals surface area contributed by atoms with Crippen molar-refractivity contribution in [1.29, 1.82) is 0 Å². The van der Waals surface area contributed by atoms with Gasteiger partial charge in [-0.25, -0.2) is 9.59 Å². The summed E-state index contributed by atoms with van der Waals surface area (Å²) in [6.45, 7) is 4.71. The molecule has 1 aliphatic rings. The highest BCUT2D eigenvalue weighted by Gasteiger charge is 2.27. The van der Waals surface area contributed by atoms with Crippen LogP contribution >= 0.6 is 0 Å². The summed E-state index contributed by atoms with van der Waals surface area (Å²) < 4.78 is 0. The molecular formula is C14H26N2O3. The molecule has 1 saturated carbocycles. The molecule has 0 bridgehead atoms. The van der Waals surface area contributed by atoms with E-state index in [-0.39, 0.29) is 11.4 Å². The molecule has 2 amide bonds. The first-order chi connectivity index (χ1) is 8.97. The summed E-state index contributed by atoms with van der Waals surface area (Å²) in [6, 6.07) is -1.16. The van der Waals surface area contributed by atoms with Gasteiger partial charge in [0.05, 0.1) is 0 Å². The molecule has 0 heterocycles. The van der Waals surface area contributed by atoms with Gasteiger partial charge in [-0.15, -0.1) is 0 Å². The van der Waals surface area contributed by atoms with Crippen molar-refractivity contribution in [3.63, 3.8) is 0 Å². The van der Waals surface area contributed by atoms with E-state index >= 15 is 0 Å². The Labute approximate surface area is 115 Å². The quantitative estimate of drug-likeness (QED) is 0.694. The number of carbonyl (C=O) groups excluding carboxylic acids is 1. The fourth-order valence-corrected chi connectivity index (χ4v) is 2.63. The van der Waals surface area contributed by atoms with Gasteiger partial charge in [-0.2, -0.15) is 0 Å². The third kappa shape index (κ3) is 5.49. The third-order valence-electron chi connectivity index (χ3n) is 3.92. The normalized spacial score (nSPS) is 19.5. The van der Waals surface area contributed by atoms with Crippen molar-refractivity contribution in [2.24, 2.45) is 5.41 Å². The lowest BCUT2D eigenvalue weighted by molar-refractivity contribution is -0.139. The number of rotatable bonds is 6. The molecule has 0 aliphatic heterocycles. The van der Waals surface area contributed by atoms with Gasteiger partial charge in [-0.05, 0) is 24.7 Å². The highest BCUT2D eigenvalue weighted by Crippen LogP contribution is 2.34. The molecule has 0 aromatic rings. The second-order valence-corrected chi connectivity index (χ2v) is 5.88. The highest BCUT2D eigenvalue weighted by molar-refractivity contribution is 5.82. The molecule has 5 heteroatoms. The van der Waals surface area contributed by atoms with Crippen LogP contribution in [0.2, 0.25) is 0 Å². The van der Waals surface area contributed by atoms with Crippen molar-refractivity contribution in [1.82, 2.24) is 10.6 Å². The maximum Gasteiger partial charge on any atom is 0.326 e. The van der Waals surface area contributed by atoms with E-state index in [2.05, 4.69) is 17.6 Å². The van der Waals surface area contributed by atoms with E-state index in [4.69, 9.17) is 5.11 Å². The van der Waals surface area contributed by atoms with Crippen molar-refractivity contribution < 1.29 is 14.7 Å². The van der Waals surface area contributed by atoms with Gasteiger partial charge < -0.3 is 15.7 Å². The molecule has 0 saturated heterocycles. The number of hydrogen-bond acceptors (Lipinski definition) is 2. The van der Waals surface area contributed by atoms with Crippen molar-refractivity contribution in [3.05, 3.63) is 0 Å². The Bertz CT molecular complexity index is 312. The van der Waals surface area contributed by atoms with Crippen molar-refractivity contribution in [2.75, 3.05) is 6.54 Å². The van der Waals surface area contributed by atoms with E-state index in [1.165, 1.54) is 19.3 Å². The van der Waals surface area contributed by atoms with Crippen LogP contribution in [-0.4, -0.2) is 29.7 Å². The van der Waals surface area contributed by atoms with Gasteiger partial charge in [0.2, 0.25) is 0 Å². The number of carboxylic acids is 1. The Morgan fingerprint density at radius 2 is 1.89 bits per heavy atom. The molecule has 5 nitrogen and oxygen atoms in total. The molecule has 0 aromatic heterocycles. The standard InChI is InChI=1S/C14H26N2O3/c1-3-7-11(12(17)18)16-13(19)15-10-14(2)8-5-4-6-9-14/h11H,3-10H2,1-2H3,(H,17,18)(H2,15,16,19). The highest BCUT2D eigenvalue weighted by atomic mass is 16.4. The lowest BCUT2D eigenvalue weighted by Crippen LogP contribution is -2.48. The third-order valence-corrected chi connectivity index (χ3v) is 3.92. The van der Waals surface area contributed by atoms with Gasteiger partial charge in [0.25, 0.3) is 0 Å². The van der Waals surface area contributed by atoms with Gasteiger partial charge in [-0.1, -0.05) is 39.5 Å². The number of carboxylic acid groups (broad SMARTS) is 1. The average Bonchev–Trinajstić information content (AvgIpc) is 2.37. The van der Waals surface area contributed by atoms with Crippen LogP contribution < -0.4 is 10.6 Å². The molecular weight excluding hydrogens is 244 g/mol. The molecule has 1 aliphatic carbocycles. The van der Waals surface area contributed by atoms with Gasteiger partial charge in [0.1, 0.15) is 6.04 Å². The van der Waals surface area contributed by atoms with Crippen LogP contribution in [0.15, 0.2) is 0 Å². The number of carbonyl (C=O) groups is 2. The Balaban J connectivity index is 2.35. The first-order valence-corrected chi connectivity index (χ1v) is 7.24. The largest absolute Gasteiger partial charge is 0.480 e. The summed E-state index contributed by atoms with van der Waals surface area (Å²) in [6.07, 6.45) is 7.16. The second kappa shape index (κ2) is 7.36. The summed E-state index contributed by atoms with van der Waals surface area (Å²) >= 11 is 0. The maximum atomic E-state index is 11.7. The van der Waals surface area contributed by atoms with E-state index < -0.39 is 12.0 Å². The van der Waals surface area contributed by atoms with E-state index in [9.17, 15) is 9.59 Å². The Morgan fingerprint density at radius 1 is 1.26 bits per heavy atom. The number of aliphatic carboxylic acids is 1. The van der Waals surface area contributed by atoms with Crippen molar-refractivity contribution in [2.45, 2.75) is 64.8 Å². The molecule has 19 heavy (non-hydrogen) atoms. The number of amides is 2. The lowest BCUT2D eigenvalue weighted by Gasteiger charge is -2.33. The first kappa shape index (κ1) is 15.8. The van der Waals surface area contributed by atoms with Gasteiger partial charge in [-0.3, -0.25) is 0 Å². The molecule has 1 unspecified atom stereocenters. The summed E-state index contributed by atoms with van der Waals surface area (Å²) in [5, 5.41) is 14.3. The van der Waals surface area contributed by atoms with E-state index in [1.54, 1.807) is 0 Å². The average molecular weight is 270 g/mol. The fourth-order valence-electron chi connectivity index (χ4n) is 2.63. The number of nitrogens with one attached hydrogen (secondary N) is 2. The smallest absolute Gasteiger partial charge is 0.326 e. The summed E-state index contributed by atoms with van der Waals surface area (Å²) in [5.41, 5.74) is 0.166. The predicted molar refractivity (Wildman–Crippen MR) is 74.1 cm³/mol. The summed E-state index contributed by atoms with van der Waals surface area (Å²) in [5.74, 6) is -0.971.